The Hall–Kier alpha value is -4.11. The number of H-pyrrole nitrogens is 1. The highest BCUT2D eigenvalue weighted by Crippen LogP contribution is 2.44. The smallest absolute Gasteiger partial charge is 0.407 e. The first-order valence-electron chi connectivity index (χ1n) is 10.9. The van der Waals surface area contributed by atoms with E-state index in [-0.39, 0.29) is 18.9 Å². The summed E-state index contributed by atoms with van der Waals surface area (Å²) in [6, 6.07) is 16.8. The third kappa shape index (κ3) is 4.94. The number of aliphatic hydroxyl groups is 1. The number of carboxylic acid groups (broad SMARTS) is 1. The molecule has 4 rings (SSSR count). The van der Waals surface area contributed by atoms with Crippen molar-refractivity contribution in [3.63, 3.8) is 0 Å². The van der Waals surface area contributed by atoms with Crippen molar-refractivity contribution in [3.05, 3.63) is 83.7 Å². The van der Waals surface area contributed by atoms with Crippen LogP contribution in [0.4, 0.5) is 4.79 Å². The van der Waals surface area contributed by atoms with Crippen LogP contribution in [-0.4, -0.2) is 58.5 Å². The van der Waals surface area contributed by atoms with E-state index < -0.39 is 36.7 Å². The number of aromatic amines is 1. The van der Waals surface area contributed by atoms with Crippen LogP contribution < -0.4 is 10.6 Å². The lowest BCUT2D eigenvalue weighted by Gasteiger charge is -2.21. The number of carbonyl (C=O) groups excluding carboxylic acids is 2. The Morgan fingerprint density at radius 1 is 0.912 bits per heavy atom. The van der Waals surface area contributed by atoms with Crippen molar-refractivity contribution in [1.29, 1.82) is 0 Å². The van der Waals surface area contributed by atoms with E-state index in [1.807, 2.05) is 48.5 Å². The minimum Gasteiger partial charge on any atom is -0.480 e. The van der Waals surface area contributed by atoms with Crippen molar-refractivity contribution in [3.8, 4) is 11.1 Å². The maximum absolute atomic E-state index is 12.7. The van der Waals surface area contributed by atoms with E-state index in [0.29, 0.717) is 5.69 Å². The normalized spacial score (nSPS) is 13.9. The van der Waals surface area contributed by atoms with Gasteiger partial charge in [0.25, 0.3) is 0 Å². The van der Waals surface area contributed by atoms with Crippen molar-refractivity contribution in [2.75, 3.05) is 13.2 Å². The van der Waals surface area contributed by atoms with Gasteiger partial charge in [-0.25, -0.2) is 9.59 Å². The summed E-state index contributed by atoms with van der Waals surface area (Å²) in [6.07, 6.45) is 0.955. The first kappa shape index (κ1) is 23.1. The first-order chi connectivity index (χ1) is 16.5. The molecule has 176 valence electrons. The minimum absolute atomic E-state index is 0.0745. The molecule has 1 heterocycles. The molecule has 3 aromatic rings. The van der Waals surface area contributed by atoms with E-state index in [1.165, 1.54) is 0 Å². The second kappa shape index (κ2) is 10.2. The van der Waals surface area contributed by atoms with Gasteiger partial charge in [0.15, 0.2) is 0 Å². The van der Waals surface area contributed by atoms with Crippen LogP contribution in [0.1, 0.15) is 22.7 Å². The van der Waals surface area contributed by atoms with E-state index in [1.54, 1.807) is 18.3 Å². The van der Waals surface area contributed by atoms with Gasteiger partial charge in [-0.3, -0.25) is 4.79 Å². The minimum atomic E-state index is -1.48. The molecular formula is C25H25N3O6. The van der Waals surface area contributed by atoms with Crippen molar-refractivity contribution in [1.82, 2.24) is 15.6 Å². The number of benzene rings is 2. The fraction of sp³-hybridized carbons (Fsp3) is 0.240. The Labute approximate surface area is 195 Å². The predicted molar refractivity (Wildman–Crippen MR) is 123 cm³/mol. The molecule has 2 atom stereocenters. The summed E-state index contributed by atoms with van der Waals surface area (Å²) >= 11 is 0. The van der Waals surface area contributed by atoms with Gasteiger partial charge < -0.3 is 30.6 Å². The summed E-state index contributed by atoms with van der Waals surface area (Å²) in [5, 5.41) is 23.1. The summed E-state index contributed by atoms with van der Waals surface area (Å²) in [5.41, 5.74) is 4.98. The molecule has 1 aliphatic carbocycles. The highest BCUT2D eigenvalue weighted by molar-refractivity contribution is 5.89. The van der Waals surface area contributed by atoms with Gasteiger partial charge in [0.1, 0.15) is 18.7 Å². The van der Waals surface area contributed by atoms with Gasteiger partial charge in [-0.2, -0.15) is 0 Å². The molecule has 2 amide bonds. The van der Waals surface area contributed by atoms with E-state index >= 15 is 0 Å². The number of hydrogen-bond acceptors (Lipinski definition) is 5. The van der Waals surface area contributed by atoms with Gasteiger partial charge in [-0.1, -0.05) is 48.5 Å². The monoisotopic (exact) mass is 463 g/mol. The number of fused-ring (bicyclic) bond motifs is 3. The number of nitrogens with one attached hydrogen (secondary N) is 3. The second-order valence-electron chi connectivity index (χ2n) is 8.00. The summed E-state index contributed by atoms with van der Waals surface area (Å²) in [7, 11) is 0. The van der Waals surface area contributed by atoms with Crippen LogP contribution in [0.3, 0.4) is 0 Å². The second-order valence-corrected chi connectivity index (χ2v) is 8.00. The molecule has 0 spiro atoms. The number of rotatable bonds is 9. The average molecular weight is 463 g/mol. The van der Waals surface area contributed by atoms with Gasteiger partial charge in [0.2, 0.25) is 5.91 Å². The number of alkyl carbamates (subject to hydrolysis) is 1. The van der Waals surface area contributed by atoms with Gasteiger partial charge in [-0.15, -0.1) is 0 Å². The standard InChI is InChI=1S/C25H25N3O6/c29-13-22(24(31)32)27-23(30)21(12-15-6-5-11-26-15)28-25(33)34-14-20-18-9-3-1-7-16(18)17-8-2-4-10-19(17)20/h1-11,20-22,26,29H,12-14H2,(H,27,30)(H,28,33)(H,31,32)/t21?,22-/m0/s1. The van der Waals surface area contributed by atoms with E-state index in [0.717, 1.165) is 22.3 Å². The van der Waals surface area contributed by atoms with Crippen molar-refractivity contribution in [2.24, 2.45) is 0 Å². The molecule has 0 saturated carbocycles. The van der Waals surface area contributed by atoms with Crippen molar-refractivity contribution < 1.29 is 29.3 Å². The molecule has 9 heteroatoms. The molecule has 0 radical (unpaired) electrons. The lowest BCUT2D eigenvalue weighted by molar-refractivity contribution is -0.143. The molecule has 2 aromatic carbocycles. The molecule has 9 nitrogen and oxygen atoms in total. The molecule has 0 bridgehead atoms. The van der Waals surface area contributed by atoms with Crippen LogP contribution in [0.25, 0.3) is 11.1 Å². The van der Waals surface area contributed by atoms with Gasteiger partial charge in [0, 0.05) is 24.2 Å². The fourth-order valence-electron chi connectivity index (χ4n) is 4.16. The third-order valence-electron chi connectivity index (χ3n) is 5.84. The van der Waals surface area contributed by atoms with Crippen LogP contribution in [0.2, 0.25) is 0 Å². The van der Waals surface area contributed by atoms with Crippen LogP contribution in [-0.2, 0) is 20.7 Å². The molecule has 5 N–H and O–H groups in total. The number of aromatic nitrogens is 1. The number of carboxylic acids is 1. The topological polar surface area (TPSA) is 141 Å². The largest absolute Gasteiger partial charge is 0.480 e. The summed E-state index contributed by atoms with van der Waals surface area (Å²) in [4.78, 5) is 39.5. The number of aliphatic carboxylic acids is 1. The molecule has 1 aromatic heterocycles. The van der Waals surface area contributed by atoms with Crippen LogP contribution >= 0.6 is 0 Å². The fourth-order valence-corrected chi connectivity index (χ4v) is 4.16. The van der Waals surface area contributed by atoms with Gasteiger partial charge >= 0.3 is 12.1 Å². The van der Waals surface area contributed by atoms with Gasteiger partial charge in [0.05, 0.1) is 6.61 Å². The Bertz CT molecular complexity index is 1130. The van der Waals surface area contributed by atoms with Gasteiger partial charge in [-0.05, 0) is 34.4 Å². The Kier molecular flexibility index (Phi) is 6.93. The quantitative estimate of drug-likeness (QED) is 0.329. The molecule has 0 saturated heterocycles. The number of amides is 2. The van der Waals surface area contributed by atoms with Crippen molar-refractivity contribution in [2.45, 2.75) is 24.4 Å². The number of carbonyl (C=O) groups is 3. The molecule has 0 fully saturated rings. The first-order valence-corrected chi connectivity index (χ1v) is 10.9. The highest BCUT2D eigenvalue weighted by Gasteiger charge is 2.30. The van der Waals surface area contributed by atoms with Crippen LogP contribution in [0.5, 0.6) is 0 Å². The zero-order chi connectivity index (χ0) is 24.1. The van der Waals surface area contributed by atoms with E-state index in [9.17, 15) is 19.5 Å². The predicted octanol–water partition coefficient (Wildman–Crippen LogP) is 2.03. The number of ether oxygens (including phenoxy) is 1. The molecule has 34 heavy (non-hydrogen) atoms. The summed E-state index contributed by atoms with van der Waals surface area (Å²) in [6.45, 7) is -0.702. The van der Waals surface area contributed by atoms with E-state index in [4.69, 9.17) is 9.84 Å². The Balaban J connectivity index is 1.45. The Morgan fingerprint density at radius 3 is 2.12 bits per heavy atom. The molecule has 1 unspecified atom stereocenters. The van der Waals surface area contributed by atoms with Crippen molar-refractivity contribution >= 4 is 18.0 Å². The van der Waals surface area contributed by atoms with E-state index in [2.05, 4.69) is 15.6 Å². The average Bonchev–Trinajstić information content (AvgIpc) is 3.46. The zero-order valence-electron chi connectivity index (χ0n) is 18.2. The maximum Gasteiger partial charge on any atom is 0.407 e. The molecule has 0 aliphatic heterocycles. The zero-order valence-corrected chi connectivity index (χ0v) is 18.2. The van der Waals surface area contributed by atoms with Crippen LogP contribution in [0.15, 0.2) is 66.9 Å². The summed E-state index contributed by atoms with van der Waals surface area (Å²) in [5.74, 6) is -2.26. The number of hydrogen-bond donors (Lipinski definition) is 5. The lowest BCUT2D eigenvalue weighted by atomic mass is 9.98. The SMILES string of the molecule is O=C(NC(Cc1ccc[nH]1)C(=O)N[C@@H](CO)C(=O)O)OCC1c2ccccc2-c2ccccc21. The molecule has 1 aliphatic rings. The van der Waals surface area contributed by atoms with Crippen LogP contribution in [0, 0.1) is 0 Å². The molecular weight excluding hydrogens is 438 g/mol. The maximum atomic E-state index is 12.7. The lowest BCUT2D eigenvalue weighted by Crippen LogP contribution is -2.53. The summed E-state index contributed by atoms with van der Waals surface area (Å²) < 4.78 is 5.51. The highest BCUT2D eigenvalue weighted by atomic mass is 16.5. The number of aliphatic hydroxyl groups excluding tert-OH is 1. The third-order valence-corrected chi connectivity index (χ3v) is 5.84. The Morgan fingerprint density at radius 2 is 1.56 bits per heavy atom.